The Balaban J connectivity index is 1.51. The summed E-state index contributed by atoms with van der Waals surface area (Å²) in [5, 5.41) is 0. The number of halogens is 1. The van der Waals surface area contributed by atoms with Crippen LogP contribution in [-0.4, -0.2) is 5.78 Å². The second kappa shape index (κ2) is 9.65. The second-order valence-corrected chi connectivity index (χ2v) is 8.92. The Hall–Kier alpha value is -3.00. The molecular weight excluding hydrogens is 395 g/mol. The predicted octanol–water partition coefficient (Wildman–Crippen LogP) is 8.52. The van der Waals surface area contributed by atoms with Crippen molar-refractivity contribution in [2.75, 3.05) is 0 Å². The Labute approximate surface area is 191 Å². The lowest BCUT2D eigenvalue weighted by Crippen LogP contribution is -2.11. The average molecular weight is 427 g/mol. The van der Waals surface area contributed by atoms with Gasteiger partial charge in [-0.2, -0.15) is 0 Å². The minimum Gasteiger partial charge on any atom is -0.294 e. The molecule has 0 amide bonds. The minimum absolute atomic E-state index is 0.0273. The van der Waals surface area contributed by atoms with Gasteiger partial charge in [-0.25, -0.2) is 4.39 Å². The number of rotatable bonds is 6. The number of hydrogen-bond donors (Lipinski definition) is 0. The number of allylic oxidation sites excluding steroid dienone is 1. The molecule has 0 atom stereocenters. The summed E-state index contributed by atoms with van der Waals surface area (Å²) in [5.41, 5.74) is 5.96. The fourth-order valence-corrected chi connectivity index (χ4v) is 4.88. The summed E-state index contributed by atoms with van der Waals surface area (Å²) < 4.78 is 15.0. The summed E-state index contributed by atoms with van der Waals surface area (Å²) in [7, 11) is 0. The molecule has 0 heterocycles. The number of carbonyl (C=O) groups is 1. The van der Waals surface area contributed by atoms with Crippen molar-refractivity contribution in [2.24, 2.45) is 5.92 Å². The zero-order valence-corrected chi connectivity index (χ0v) is 19.0. The molecule has 3 aromatic carbocycles. The topological polar surface area (TPSA) is 17.1 Å². The van der Waals surface area contributed by atoms with Crippen LogP contribution in [0.3, 0.4) is 0 Å². The van der Waals surface area contributed by atoms with E-state index < -0.39 is 0 Å². The first-order valence-electron chi connectivity index (χ1n) is 11.7. The molecule has 0 bridgehead atoms. The molecule has 0 radical (unpaired) electrons. The van der Waals surface area contributed by atoms with Crippen LogP contribution in [0.15, 0.2) is 73.3 Å². The molecule has 0 saturated heterocycles. The molecule has 0 aliphatic heterocycles. The summed E-state index contributed by atoms with van der Waals surface area (Å²) in [6.07, 6.45) is 7.43. The number of Topliss-reactive ketones (excluding diaryl/α,β-unsaturated/α-hetero) is 1. The van der Waals surface area contributed by atoms with Crippen molar-refractivity contribution in [1.29, 1.82) is 0 Å². The monoisotopic (exact) mass is 426 g/mol. The van der Waals surface area contributed by atoms with Crippen LogP contribution >= 0.6 is 0 Å². The Morgan fingerprint density at radius 2 is 1.47 bits per heavy atom. The fourth-order valence-electron chi connectivity index (χ4n) is 4.88. The molecular formula is C30H31FO. The Kier molecular flexibility index (Phi) is 6.69. The average Bonchev–Trinajstić information content (AvgIpc) is 2.85. The van der Waals surface area contributed by atoms with Gasteiger partial charge in [0.1, 0.15) is 5.82 Å². The molecule has 0 N–H and O–H groups in total. The van der Waals surface area contributed by atoms with Crippen molar-refractivity contribution < 1.29 is 9.18 Å². The van der Waals surface area contributed by atoms with E-state index in [-0.39, 0.29) is 11.6 Å². The molecule has 2 heteroatoms. The van der Waals surface area contributed by atoms with Gasteiger partial charge >= 0.3 is 0 Å². The molecule has 3 aromatic rings. The summed E-state index contributed by atoms with van der Waals surface area (Å²) >= 11 is 0. The third-order valence-corrected chi connectivity index (χ3v) is 7.02. The molecule has 32 heavy (non-hydrogen) atoms. The molecule has 4 rings (SSSR count). The molecule has 164 valence electrons. The van der Waals surface area contributed by atoms with Gasteiger partial charge in [0.15, 0.2) is 5.78 Å². The normalized spacial score (nSPS) is 18.3. The van der Waals surface area contributed by atoms with Gasteiger partial charge < -0.3 is 0 Å². The molecule has 0 aromatic heterocycles. The smallest absolute Gasteiger partial charge is 0.162 e. The summed E-state index contributed by atoms with van der Waals surface area (Å²) in [5.74, 6) is 0.991. The number of benzene rings is 3. The minimum atomic E-state index is -0.312. The molecule has 1 nitrogen and oxygen atoms in total. The van der Waals surface area contributed by atoms with Gasteiger partial charge in [0.25, 0.3) is 0 Å². The van der Waals surface area contributed by atoms with E-state index >= 15 is 0 Å². The van der Waals surface area contributed by atoms with Crippen LogP contribution < -0.4 is 0 Å². The number of ketones is 1. The summed E-state index contributed by atoms with van der Waals surface area (Å²) in [6, 6.07) is 20.4. The number of carbonyl (C=O) groups excluding carboxylic acids is 1. The van der Waals surface area contributed by atoms with Crippen LogP contribution in [0.4, 0.5) is 4.39 Å². The highest BCUT2D eigenvalue weighted by molar-refractivity contribution is 5.97. The van der Waals surface area contributed by atoms with Gasteiger partial charge in [0.05, 0.1) is 0 Å². The standard InChI is InChI=1S/C30H31FO/c1-4-21-6-8-22(9-7-21)23-10-12-24(13-11-23)25-14-16-26(17-15-25)28-19-18-27(29(32)5-2)20(3)30(28)31/h4,10-19,21-22H,1,5-9H2,2-3H3. The van der Waals surface area contributed by atoms with E-state index in [4.69, 9.17) is 0 Å². The first-order chi connectivity index (χ1) is 15.5. The fraction of sp³-hybridized carbons (Fsp3) is 0.300. The van der Waals surface area contributed by atoms with E-state index in [1.54, 1.807) is 26.0 Å². The van der Waals surface area contributed by atoms with E-state index in [1.807, 2.05) is 24.3 Å². The molecule has 0 unspecified atom stereocenters. The van der Waals surface area contributed by atoms with Gasteiger partial charge in [0.2, 0.25) is 0 Å². The van der Waals surface area contributed by atoms with Crippen molar-refractivity contribution in [3.8, 4) is 22.3 Å². The quantitative estimate of drug-likeness (QED) is 0.285. The molecule has 1 aliphatic carbocycles. The Morgan fingerprint density at radius 1 is 0.906 bits per heavy atom. The summed E-state index contributed by atoms with van der Waals surface area (Å²) in [6.45, 7) is 7.42. The lowest BCUT2D eigenvalue weighted by Gasteiger charge is -2.27. The van der Waals surface area contributed by atoms with Crippen molar-refractivity contribution in [3.63, 3.8) is 0 Å². The van der Waals surface area contributed by atoms with Crippen LogP contribution in [0.1, 0.15) is 66.4 Å². The van der Waals surface area contributed by atoms with E-state index in [0.29, 0.717) is 34.9 Å². The molecule has 0 spiro atoms. The molecule has 1 saturated carbocycles. The van der Waals surface area contributed by atoms with E-state index in [1.165, 1.54) is 36.8 Å². The van der Waals surface area contributed by atoms with Crippen LogP contribution in [-0.2, 0) is 0 Å². The highest BCUT2D eigenvalue weighted by Crippen LogP contribution is 2.37. The van der Waals surface area contributed by atoms with E-state index in [9.17, 15) is 9.18 Å². The summed E-state index contributed by atoms with van der Waals surface area (Å²) in [4.78, 5) is 12.0. The van der Waals surface area contributed by atoms with Crippen molar-refractivity contribution in [1.82, 2.24) is 0 Å². The Bertz CT molecular complexity index is 1100. The van der Waals surface area contributed by atoms with Crippen LogP contribution in [0.2, 0.25) is 0 Å². The van der Waals surface area contributed by atoms with Gasteiger partial charge in [-0.05, 0) is 72.3 Å². The first kappa shape index (κ1) is 22.2. The van der Waals surface area contributed by atoms with E-state index in [0.717, 1.165) is 11.1 Å². The van der Waals surface area contributed by atoms with Crippen molar-refractivity contribution >= 4 is 5.78 Å². The lowest BCUT2D eigenvalue weighted by molar-refractivity contribution is 0.0987. The van der Waals surface area contributed by atoms with Gasteiger partial charge in [-0.3, -0.25) is 4.79 Å². The second-order valence-electron chi connectivity index (χ2n) is 8.92. The van der Waals surface area contributed by atoms with Crippen LogP contribution in [0.25, 0.3) is 22.3 Å². The van der Waals surface area contributed by atoms with Crippen LogP contribution in [0, 0.1) is 18.7 Å². The maximum absolute atomic E-state index is 15.0. The van der Waals surface area contributed by atoms with Gasteiger partial charge in [-0.1, -0.05) is 73.7 Å². The lowest BCUT2D eigenvalue weighted by atomic mass is 9.78. The Morgan fingerprint density at radius 3 is 2.03 bits per heavy atom. The molecule has 1 aliphatic rings. The SMILES string of the molecule is C=CC1CCC(c2ccc(-c3ccc(-c4ccc(C(=O)CC)c(C)c4F)cc3)cc2)CC1. The zero-order valence-electron chi connectivity index (χ0n) is 19.0. The maximum atomic E-state index is 15.0. The van der Waals surface area contributed by atoms with Gasteiger partial charge in [0, 0.05) is 17.5 Å². The van der Waals surface area contributed by atoms with Gasteiger partial charge in [-0.15, -0.1) is 6.58 Å². The zero-order chi connectivity index (χ0) is 22.7. The largest absolute Gasteiger partial charge is 0.294 e. The van der Waals surface area contributed by atoms with E-state index in [2.05, 4.69) is 36.9 Å². The number of hydrogen-bond acceptors (Lipinski definition) is 1. The highest BCUT2D eigenvalue weighted by Gasteiger charge is 2.20. The van der Waals surface area contributed by atoms with Crippen molar-refractivity contribution in [2.45, 2.75) is 51.9 Å². The maximum Gasteiger partial charge on any atom is 0.162 e. The highest BCUT2D eigenvalue weighted by atomic mass is 19.1. The van der Waals surface area contributed by atoms with Crippen LogP contribution in [0.5, 0.6) is 0 Å². The first-order valence-corrected chi connectivity index (χ1v) is 11.7. The molecule has 1 fully saturated rings. The van der Waals surface area contributed by atoms with Crippen molar-refractivity contribution in [3.05, 3.63) is 95.8 Å². The third kappa shape index (κ3) is 4.46. The predicted molar refractivity (Wildman–Crippen MR) is 132 cm³/mol. The third-order valence-electron chi connectivity index (χ3n) is 7.02.